The second kappa shape index (κ2) is 3.13. The molecule has 2 aliphatic carbocycles. The number of allylic oxidation sites excluding steroid dienone is 2. The number of rotatable bonds is 0. The molecule has 4 fully saturated rings. The smallest absolute Gasteiger partial charge is 0.0894 e. The Labute approximate surface area is 124 Å². The van der Waals surface area contributed by atoms with Gasteiger partial charge in [-0.05, 0) is 41.2 Å². The van der Waals surface area contributed by atoms with Gasteiger partial charge in [0.05, 0.1) is 24.4 Å². The van der Waals surface area contributed by atoms with Gasteiger partial charge in [0.15, 0.2) is 0 Å². The van der Waals surface area contributed by atoms with Crippen molar-refractivity contribution in [3.63, 3.8) is 0 Å². The number of ether oxygens (including phenoxy) is 2. The minimum absolute atomic E-state index is 0.315. The normalized spacial score (nSPS) is 59.6. The van der Waals surface area contributed by atoms with Crippen molar-refractivity contribution in [3.05, 3.63) is 47.5 Å². The molecule has 10 atom stereocenters. The first-order valence-electron chi connectivity index (χ1n) is 8.50. The molecule has 21 heavy (non-hydrogen) atoms. The van der Waals surface area contributed by atoms with Crippen molar-refractivity contribution in [1.29, 1.82) is 0 Å². The van der Waals surface area contributed by atoms with Crippen LogP contribution in [0.1, 0.15) is 29.8 Å². The molecular formula is C19H18O2. The predicted octanol–water partition coefficient (Wildman–Crippen LogP) is 3.26. The van der Waals surface area contributed by atoms with Gasteiger partial charge in [-0.1, -0.05) is 36.4 Å². The van der Waals surface area contributed by atoms with Crippen LogP contribution in [0.25, 0.3) is 0 Å². The lowest BCUT2D eigenvalue weighted by atomic mass is 9.60. The van der Waals surface area contributed by atoms with Gasteiger partial charge in [-0.25, -0.2) is 0 Å². The Morgan fingerprint density at radius 2 is 1.29 bits per heavy atom. The number of hydrogen-bond donors (Lipinski definition) is 0. The van der Waals surface area contributed by atoms with Gasteiger partial charge >= 0.3 is 0 Å². The monoisotopic (exact) mass is 278 g/mol. The Morgan fingerprint density at radius 3 is 1.86 bits per heavy atom. The van der Waals surface area contributed by atoms with E-state index < -0.39 is 0 Å². The van der Waals surface area contributed by atoms with Crippen LogP contribution in [0.2, 0.25) is 0 Å². The molecule has 2 nitrogen and oxygen atoms in total. The largest absolute Gasteiger partial charge is 0.374 e. The van der Waals surface area contributed by atoms with Gasteiger partial charge in [-0.3, -0.25) is 0 Å². The first-order valence-corrected chi connectivity index (χ1v) is 8.50. The van der Waals surface area contributed by atoms with E-state index >= 15 is 0 Å². The number of hydrogen-bond acceptors (Lipinski definition) is 2. The topological polar surface area (TPSA) is 18.5 Å². The summed E-state index contributed by atoms with van der Waals surface area (Å²) in [7, 11) is 0. The van der Waals surface area contributed by atoms with Gasteiger partial charge in [0.25, 0.3) is 0 Å². The van der Waals surface area contributed by atoms with E-state index in [-0.39, 0.29) is 0 Å². The number of fused-ring (bicyclic) bond motifs is 19. The predicted molar refractivity (Wildman–Crippen MR) is 76.4 cm³/mol. The van der Waals surface area contributed by atoms with Crippen LogP contribution in [0.15, 0.2) is 36.4 Å². The zero-order valence-corrected chi connectivity index (χ0v) is 11.8. The molecule has 4 heterocycles. The summed E-state index contributed by atoms with van der Waals surface area (Å²) in [5, 5.41) is 0. The molecule has 0 spiro atoms. The van der Waals surface area contributed by atoms with E-state index in [1.807, 2.05) is 0 Å². The van der Waals surface area contributed by atoms with Crippen LogP contribution in [0, 0.1) is 35.5 Å². The maximum Gasteiger partial charge on any atom is 0.0894 e. The molecular weight excluding hydrogens is 260 g/mol. The highest BCUT2D eigenvalue weighted by molar-refractivity contribution is 5.42. The molecule has 0 radical (unpaired) electrons. The highest BCUT2D eigenvalue weighted by Gasteiger charge is 2.72. The van der Waals surface area contributed by atoms with Gasteiger partial charge in [-0.15, -0.1) is 0 Å². The third-order valence-corrected chi connectivity index (χ3v) is 7.46. The van der Waals surface area contributed by atoms with E-state index in [0.717, 1.165) is 23.7 Å². The van der Waals surface area contributed by atoms with E-state index in [2.05, 4.69) is 36.4 Å². The highest BCUT2D eigenvalue weighted by atomic mass is 16.5. The summed E-state index contributed by atoms with van der Waals surface area (Å²) in [5.74, 6) is 4.44. The molecule has 4 aliphatic heterocycles. The third-order valence-electron chi connectivity index (χ3n) is 7.46. The second-order valence-corrected chi connectivity index (χ2v) is 7.93. The van der Waals surface area contributed by atoms with Crippen molar-refractivity contribution in [2.75, 3.05) is 0 Å². The summed E-state index contributed by atoms with van der Waals surface area (Å²) >= 11 is 0. The van der Waals surface area contributed by atoms with Crippen LogP contribution in [0.4, 0.5) is 0 Å². The van der Waals surface area contributed by atoms with Crippen molar-refractivity contribution in [3.8, 4) is 0 Å². The van der Waals surface area contributed by atoms with E-state index in [1.165, 1.54) is 17.5 Å². The standard InChI is InChI=1S/C19H18O2/c1-2-4-11-10(3-1)16-14-15(17(11)20-16)19-13-9-6-5-8(7-9)12(13)18(14)21-19/h1-6,8-9,12-19H,7H2/t8-,9+,12+,13-,14-,15+,16+,17-,18+,19-. The maximum absolute atomic E-state index is 6.58. The summed E-state index contributed by atoms with van der Waals surface area (Å²) in [6.45, 7) is 0. The Kier molecular flexibility index (Phi) is 1.58. The van der Waals surface area contributed by atoms with Crippen molar-refractivity contribution in [2.45, 2.75) is 30.8 Å². The lowest BCUT2D eigenvalue weighted by molar-refractivity contribution is -0.0243. The molecule has 7 rings (SSSR count). The summed E-state index contributed by atoms with van der Waals surface area (Å²) in [6.07, 6.45) is 7.92. The number of benzene rings is 1. The molecule has 3 saturated heterocycles. The SMILES string of the molecule is C1=C[C@H]2C[C@@H]1[C@@H]1[C@@H]3O[C@@H]([C@H]4[C@@H]3[C@H]3O[C@@H]4c4ccccc43)[C@@H]12. The summed E-state index contributed by atoms with van der Waals surface area (Å²) in [6, 6.07) is 8.88. The molecule has 106 valence electrons. The maximum atomic E-state index is 6.58. The van der Waals surface area contributed by atoms with E-state index in [9.17, 15) is 0 Å². The second-order valence-electron chi connectivity index (χ2n) is 7.93. The van der Waals surface area contributed by atoms with Gasteiger partial charge < -0.3 is 9.47 Å². The molecule has 0 amide bonds. The van der Waals surface area contributed by atoms with Crippen LogP contribution in [-0.4, -0.2) is 12.2 Å². The molecule has 0 unspecified atom stereocenters. The van der Waals surface area contributed by atoms with Crippen molar-refractivity contribution < 1.29 is 9.47 Å². The van der Waals surface area contributed by atoms with Gasteiger partial charge in [0.2, 0.25) is 0 Å². The fourth-order valence-corrected chi connectivity index (χ4v) is 7.00. The average molecular weight is 278 g/mol. The van der Waals surface area contributed by atoms with Gasteiger partial charge in [-0.2, -0.15) is 0 Å². The molecule has 6 aliphatic rings. The van der Waals surface area contributed by atoms with Gasteiger partial charge in [0, 0.05) is 11.8 Å². The summed E-state index contributed by atoms with van der Waals surface area (Å²) < 4.78 is 13.0. The van der Waals surface area contributed by atoms with Crippen LogP contribution in [0.3, 0.4) is 0 Å². The van der Waals surface area contributed by atoms with Crippen molar-refractivity contribution >= 4 is 0 Å². The molecule has 6 bridgehead atoms. The van der Waals surface area contributed by atoms with E-state index in [4.69, 9.17) is 9.47 Å². The van der Waals surface area contributed by atoms with Crippen LogP contribution >= 0.6 is 0 Å². The van der Waals surface area contributed by atoms with E-state index in [1.54, 1.807) is 0 Å². The Hall–Kier alpha value is -1.12. The lowest BCUT2D eigenvalue weighted by Gasteiger charge is -2.39. The van der Waals surface area contributed by atoms with Gasteiger partial charge in [0.1, 0.15) is 0 Å². The molecule has 1 aromatic carbocycles. The minimum atomic E-state index is 0.315. The van der Waals surface area contributed by atoms with Crippen molar-refractivity contribution in [2.24, 2.45) is 35.5 Å². The van der Waals surface area contributed by atoms with Crippen LogP contribution < -0.4 is 0 Å². The Balaban J connectivity index is 1.40. The quantitative estimate of drug-likeness (QED) is 0.678. The zero-order chi connectivity index (χ0) is 13.3. The lowest BCUT2D eigenvalue weighted by Crippen LogP contribution is -2.43. The average Bonchev–Trinajstić information content (AvgIpc) is 3.30. The fourth-order valence-electron chi connectivity index (χ4n) is 7.00. The van der Waals surface area contributed by atoms with Crippen LogP contribution in [0.5, 0.6) is 0 Å². The minimum Gasteiger partial charge on any atom is -0.374 e. The fraction of sp³-hybridized carbons (Fsp3) is 0.579. The molecule has 1 saturated carbocycles. The molecule has 1 aromatic rings. The summed E-state index contributed by atoms with van der Waals surface area (Å²) in [5.41, 5.74) is 2.91. The van der Waals surface area contributed by atoms with Crippen molar-refractivity contribution in [1.82, 2.24) is 0 Å². The first-order chi connectivity index (χ1) is 10.4. The molecule has 0 N–H and O–H groups in total. The molecule has 2 heteroatoms. The molecule has 0 aromatic heterocycles. The Morgan fingerprint density at radius 1 is 0.714 bits per heavy atom. The van der Waals surface area contributed by atoms with E-state index in [0.29, 0.717) is 36.3 Å². The van der Waals surface area contributed by atoms with Crippen LogP contribution in [-0.2, 0) is 9.47 Å². The zero-order valence-electron chi connectivity index (χ0n) is 11.8. The third kappa shape index (κ3) is 0.959. The summed E-state index contributed by atoms with van der Waals surface area (Å²) in [4.78, 5) is 0. The Bertz CT molecular complexity index is 640. The first kappa shape index (κ1) is 10.6. The highest BCUT2D eigenvalue weighted by Crippen LogP contribution is 2.72.